The molecule has 5 rings (SSSR count). The molecule has 7 heteroatoms. The van der Waals surface area contributed by atoms with Gasteiger partial charge < -0.3 is 10.1 Å². The van der Waals surface area contributed by atoms with Gasteiger partial charge in [-0.1, -0.05) is 23.3 Å². The summed E-state index contributed by atoms with van der Waals surface area (Å²) in [5, 5.41) is 3.25. The molecule has 6 nitrogen and oxygen atoms in total. The van der Waals surface area contributed by atoms with Crippen molar-refractivity contribution in [2.45, 2.75) is 13.3 Å². The van der Waals surface area contributed by atoms with Crippen molar-refractivity contribution in [3.05, 3.63) is 64.7 Å². The number of carbonyl (C=O) groups is 3. The number of amides is 3. The summed E-state index contributed by atoms with van der Waals surface area (Å²) in [4.78, 5) is 40.1. The fraction of sp³-hybridized carbons (Fsp3) is 0.292. The van der Waals surface area contributed by atoms with Crippen LogP contribution in [0.25, 0.3) is 0 Å². The smallest absolute Gasteiger partial charge is 0.255 e. The van der Waals surface area contributed by atoms with Crippen LogP contribution in [0.1, 0.15) is 23.7 Å². The number of hydrogen-bond acceptors (Lipinski definition) is 4. The second kappa shape index (κ2) is 7.24. The average Bonchev–Trinajstić information content (AvgIpc) is 3.39. The minimum absolute atomic E-state index is 0.129. The predicted molar refractivity (Wildman–Crippen MR) is 117 cm³/mol. The molecule has 2 bridgehead atoms. The first-order chi connectivity index (χ1) is 14.9. The SMILES string of the molecule is COc1ccc(Cl)cc1NC(=O)c1ccc(N2C(=O)[C@@H]3[C@H](C2=O)[C@@H]2C[C@@H]3C=C2C)cc1. The monoisotopic (exact) mass is 436 g/mol. The third-order valence-electron chi connectivity index (χ3n) is 6.68. The molecule has 1 N–H and O–H groups in total. The number of ether oxygens (including phenoxy) is 1. The maximum Gasteiger partial charge on any atom is 0.255 e. The lowest BCUT2D eigenvalue weighted by atomic mass is 9.82. The standard InChI is InChI=1S/C24H21ClN2O4/c1-12-9-14-10-17(12)21-20(14)23(29)27(24(21)30)16-6-3-13(4-7-16)22(28)26-18-11-15(25)5-8-19(18)31-2/h3-9,11,14,17,20-21H,10H2,1-2H3,(H,26,28)/t14-,17+,20-,21+/m0/s1. The number of hydrogen-bond donors (Lipinski definition) is 1. The van der Waals surface area contributed by atoms with Crippen LogP contribution in [0, 0.1) is 23.7 Å². The van der Waals surface area contributed by atoms with Crippen LogP contribution in [0.3, 0.4) is 0 Å². The summed E-state index contributed by atoms with van der Waals surface area (Å²) in [6.45, 7) is 2.05. The van der Waals surface area contributed by atoms with Crippen molar-refractivity contribution in [3.8, 4) is 5.75 Å². The van der Waals surface area contributed by atoms with Crippen LogP contribution < -0.4 is 15.0 Å². The van der Waals surface area contributed by atoms with Gasteiger partial charge in [0.1, 0.15) is 5.75 Å². The number of imide groups is 1. The van der Waals surface area contributed by atoms with E-state index in [0.717, 1.165) is 6.42 Å². The number of nitrogens with one attached hydrogen (secondary N) is 1. The maximum atomic E-state index is 13.1. The highest BCUT2D eigenvalue weighted by Gasteiger charge is 2.60. The Morgan fingerprint density at radius 1 is 1.10 bits per heavy atom. The molecule has 3 amide bonds. The van der Waals surface area contributed by atoms with E-state index in [1.165, 1.54) is 17.6 Å². The number of fused-ring (bicyclic) bond motifs is 5. The molecule has 1 aliphatic heterocycles. The van der Waals surface area contributed by atoms with Crippen LogP contribution in [0.5, 0.6) is 5.75 Å². The van der Waals surface area contributed by atoms with Gasteiger partial charge in [0, 0.05) is 10.6 Å². The summed E-state index contributed by atoms with van der Waals surface area (Å²) in [5.41, 5.74) is 2.57. The highest BCUT2D eigenvalue weighted by Crippen LogP contribution is 2.55. The van der Waals surface area contributed by atoms with Gasteiger partial charge in [-0.25, -0.2) is 0 Å². The van der Waals surface area contributed by atoms with Crippen molar-refractivity contribution < 1.29 is 19.1 Å². The molecule has 1 heterocycles. The van der Waals surface area contributed by atoms with E-state index in [4.69, 9.17) is 16.3 Å². The number of benzene rings is 2. The van der Waals surface area contributed by atoms with Crippen LogP contribution >= 0.6 is 11.6 Å². The van der Waals surface area contributed by atoms with Crippen LogP contribution in [-0.4, -0.2) is 24.8 Å². The lowest BCUT2D eigenvalue weighted by Gasteiger charge is -2.19. The number of methoxy groups -OCH3 is 1. The molecule has 1 saturated carbocycles. The Labute approximate surface area is 184 Å². The van der Waals surface area contributed by atoms with Crippen LogP contribution in [0.4, 0.5) is 11.4 Å². The molecule has 0 spiro atoms. The molecule has 0 unspecified atom stereocenters. The van der Waals surface area contributed by atoms with Crippen LogP contribution in [-0.2, 0) is 9.59 Å². The number of rotatable bonds is 4. The van der Waals surface area contributed by atoms with Crippen molar-refractivity contribution in [2.24, 2.45) is 23.7 Å². The van der Waals surface area contributed by atoms with Gasteiger partial charge in [0.05, 0.1) is 30.3 Å². The first-order valence-corrected chi connectivity index (χ1v) is 10.6. The average molecular weight is 437 g/mol. The molecule has 2 aliphatic carbocycles. The number of nitrogens with zero attached hydrogens (tertiary/aromatic N) is 1. The zero-order valence-corrected chi connectivity index (χ0v) is 17.8. The number of allylic oxidation sites excluding steroid dienone is 2. The summed E-state index contributed by atoms with van der Waals surface area (Å²) in [6.07, 6.45) is 3.05. The van der Waals surface area contributed by atoms with E-state index >= 15 is 0 Å². The van der Waals surface area contributed by atoms with Gasteiger partial charge in [0.2, 0.25) is 11.8 Å². The first kappa shape index (κ1) is 19.8. The minimum Gasteiger partial charge on any atom is -0.495 e. The van der Waals surface area contributed by atoms with E-state index in [1.54, 1.807) is 42.5 Å². The number of anilines is 2. The third-order valence-corrected chi connectivity index (χ3v) is 6.91. The summed E-state index contributed by atoms with van der Waals surface area (Å²) in [7, 11) is 1.51. The largest absolute Gasteiger partial charge is 0.495 e. The zero-order valence-electron chi connectivity index (χ0n) is 17.1. The van der Waals surface area contributed by atoms with Gasteiger partial charge in [-0.15, -0.1) is 0 Å². The molecule has 2 aromatic carbocycles. The summed E-state index contributed by atoms with van der Waals surface area (Å²) in [5.74, 6) is -0.278. The van der Waals surface area contributed by atoms with E-state index in [0.29, 0.717) is 27.7 Å². The quantitative estimate of drug-likeness (QED) is 0.572. The van der Waals surface area contributed by atoms with Gasteiger partial charge in [-0.2, -0.15) is 0 Å². The fourth-order valence-corrected chi connectivity index (χ4v) is 5.44. The molecular weight excluding hydrogens is 416 g/mol. The molecule has 158 valence electrons. The molecule has 3 aliphatic rings. The number of halogens is 1. The van der Waals surface area contributed by atoms with Gasteiger partial charge in [0.25, 0.3) is 5.91 Å². The topological polar surface area (TPSA) is 75.7 Å². The van der Waals surface area contributed by atoms with Crippen molar-refractivity contribution in [2.75, 3.05) is 17.3 Å². The van der Waals surface area contributed by atoms with Gasteiger partial charge >= 0.3 is 0 Å². The second-order valence-electron chi connectivity index (χ2n) is 8.33. The molecule has 31 heavy (non-hydrogen) atoms. The Balaban J connectivity index is 1.35. The molecule has 0 aromatic heterocycles. The van der Waals surface area contributed by atoms with E-state index in [9.17, 15) is 14.4 Å². The summed E-state index contributed by atoms with van der Waals surface area (Å²) < 4.78 is 5.25. The molecular formula is C24H21ClN2O4. The zero-order chi connectivity index (χ0) is 21.9. The van der Waals surface area contributed by atoms with Gasteiger partial charge in [-0.3, -0.25) is 19.3 Å². The molecule has 2 aromatic rings. The van der Waals surface area contributed by atoms with Crippen molar-refractivity contribution in [1.29, 1.82) is 0 Å². The van der Waals surface area contributed by atoms with E-state index < -0.39 is 0 Å². The maximum absolute atomic E-state index is 13.1. The number of carbonyl (C=O) groups excluding carboxylic acids is 3. The first-order valence-electron chi connectivity index (χ1n) is 10.2. The Bertz CT molecular complexity index is 1140. The predicted octanol–water partition coefficient (Wildman–Crippen LogP) is 4.30. The molecule has 4 atom stereocenters. The Hall–Kier alpha value is -3.12. The van der Waals surface area contributed by atoms with Gasteiger partial charge in [-0.05, 0) is 67.6 Å². The van der Waals surface area contributed by atoms with E-state index in [-0.39, 0.29) is 41.4 Å². The normalized spacial score (nSPS) is 26.2. The highest BCUT2D eigenvalue weighted by atomic mass is 35.5. The van der Waals surface area contributed by atoms with Gasteiger partial charge in [0.15, 0.2) is 0 Å². The van der Waals surface area contributed by atoms with Crippen LogP contribution in [0.2, 0.25) is 5.02 Å². The lowest BCUT2D eigenvalue weighted by Crippen LogP contribution is -2.33. The summed E-state index contributed by atoms with van der Waals surface area (Å²) in [6, 6.07) is 11.5. The molecule has 2 fully saturated rings. The Morgan fingerprint density at radius 2 is 1.81 bits per heavy atom. The van der Waals surface area contributed by atoms with Crippen molar-refractivity contribution >= 4 is 40.7 Å². The lowest BCUT2D eigenvalue weighted by molar-refractivity contribution is -0.123. The second-order valence-corrected chi connectivity index (χ2v) is 8.76. The van der Waals surface area contributed by atoms with Crippen molar-refractivity contribution in [3.63, 3.8) is 0 Å². The minimum atomic E-state index is -0.346. The fourth-order valence-electron chi connectivity index (χ4n) is 5.26. The third kappa shape index (κ3) is 3.05. The highest BCUT2D eigenvalue weighted by molar-refractivity contribution is 6.31. The summed E-state index contributed by atoms with van der Waals surface area (Å²) >= 11 is 6.02. The van der Waals surface area contributed by atoms with Crippen molar-refractivity contribution in [1.82, 2.24) is 0 Å². The van der Waals surface area contributed by atoms with E-state index in [2.05, 4.69) is 11.4 Å². The molecule has 0 radical (unpaired) electrons. The Kier molecular flexibility index (Phi) is 4.63. The Morgan fingerprint density at radius 3 is 2.52 bits per heavy atom. The molecule has 1 saturated heterocycles. The van der Waals surface area contributed by atoms with Crippen LogP contribution in [0.15, 0.2) is 54.1 Å². The van der Waals surface area contributed by atoms with E-state index in [1.807, 2.05) is 6.92 Å².